The van der Waals surface area contributed by atoms with Crippen LogP contribution >= 0.6 is 0 Å². The van der Waals surface area contributed by atoms with Crippen LogP contribution in [0, 0.1) is 0 Å². The van der Waals surface area contributed by atoms with Gasteiger partial charge in [-0.2, -0.15) is 0 Å². The molecule has 6 atom stereocenters. The molecule has 6 unspecified atom stereocenters. The Balaban J connectivity index is 2.07. The molecule has 15 heteroatoms. The Bertz CT molecular complexity index is 894. The summed E-state index contributed by atoms with van der Waals surface area (Å²) in [4.78, 5) is 40.6. The van der Waals surface area contributed by atoms with E-state index >= 15 is 0 Å². The Hall–Kier alpha value is -2.85. The van der Waals surface area contributed by atoms with Crippen LogP contribution in [-0.2, 0) is 19.1 Å². The Morgan fingerprint density at radius 3 is 2.46 bits per heavy atom. The predicted molar refractivity (Wildman–Crippen MR) is 126 cm³/mol. The van der Waals surface area contributed by atoms with Crippen LogP contribution in [0.5, 0.6) is 0 Å². The van der Waals surface area contributed by atoms with E-state index in [1.165, 1.54) is 6.92 Å². The van der Waals surface area contributed by atoms with Gasteiger partial charge in [0.05, 0.1) is 6.61 Å². The van der Waals surface area contributed by atoms with E-state index in [1.54, 1.807) is 20.8 Å². The first-order valence-electron chi connectivity index (χ1n) is 11.8. The van der Waals surface area contributed by atoms with Gasteiger partial charge in [0.25, 0.3) is 0 Å². The summed E-state index contributed by atoms with van der Waals surface area (Å²) in [6.45, 7) is 6.05. The van der Waals surface area contributed by atoms with E-state index in [0.29, 0.717) is 19.4 Å². The standard InChI is InChI=1S/C22H36FN5O9/c1-11(30)24-8-6-5-7-13(25-21(35)37-22(2,3)4)18(33)26-17-12(23)9-28(20(34)27-17)19-16(32)15(31)14(10-29)36-19/h9,13-16,19-20,29,31-32,34H,5-8,10H2,1-4H3,(H,24,30)(H,25,35)(H,26,27,33). The quantitative estimate of drug-likeness (QED) is 0.172. The molecule has 0 aliphatic carbocycles. The number of hydrogen-bond donors (Lipinski definition) is 7. The van der Waals surface area contributed by atoms with Crippen LogP contribution in [0.15, 0.2) is 17.0 Å². The number of amides is 3. The zero-order chi connectivity index (χ0) is 27.9. The second-order valence-electron chi connectivity index (χ2n) is 9.64. The number of aliphatic hydroxyl groups is 4. The first kappa shape index (κ1) is 30.4. The number of nitrogens with one attached hydrogen (secondary N) is 3. The van der Waals surface area contributed by atoms with Crippen LogP contribution in [-0.4, -0.2) is 105 Å². The van der Waals surface area contributed by atoms with Gasteiger partial charge in [0.15, 0.2) is 17.9 Å². The molecule has 0 bridgehead atoms. The van der Waals surface area contributed by atoms with E-state index in [-0.39, 0.29) is 12.3 Å². The maximum absolute atomic E-state index is 14.8. The van der Waals surface area contributed by atoms with Crippen molar-refractivity contribution in [3.05, 3.63) is 12.0 Å². The van der Waals surface area contributed by atoms with Gasteiger partial charge in [0.1, 0.15) is 30.0 Å². The minimum atomic E-state index is -1.81. The summed E-state index contributed by atoms with van der Waals surface area (Å²) < 4.78 is 25.3. The van der Waals surface area contributed by atoms with Crippen molar-refractivity contribution in [2.75, 3.05) is 13.2 Å². The molecule has 0 radical (unpaired) electrons. The van der Waals surface area contributed by atoms with Crippen molar-refractivity contribution in [2.24, 2.45) is 4.99 Å². The molecule has 2 heterocycles. The zero-order valence-electron chi connectivity index (χ0n) is 21.2. The van der Waals surface area contributed by atoms with E-state index in [2.05, 4.69) is 20.9 Å². The van der Waals surface area contributed by atoms with Gasteiger partial charge in [-0.15, -0.1) is 0 Å². The zero-order valence-corrected chi connectivity index (χ0v) is 21.2. The molecule has 14 nitrogen and oxygen atoms in total. The van der Waals surface area contributed by atoms with Gasteiger partial charge in [-0.1, -0.05) is 0 Å². The molecule has 0 aromatic heterocycles. The fraction of sp³-hybridized carbons (Fsp3) is 0.727. The Morgan fingerprint density at radius 1 is 1.22 bits per heavy atom. The third kappa shape index (κ3) is 8.89. The van der Waals surface area contributed by atoms with Gasteiger partial charge < -0.3 is 50.8 Å². The fourth-order valence-electron chi connectivity index (χ4n) is 3.59. The molecule has 210 valence electrons. The Kier molecular flexibility index (Phi) is 10.8. The van der Waals surface area contributed by atoms with E-state index in [1.807, 2.05) is 0 Å². The number of halogens is 1. The minimum Gasteiger partial charge on any atom is -0.444 e. The summed E-state index contributed by atoms with van der Waals surface area (Å²) in [5, 5.41) is 46.9. The number of rotatable bonds is 9. The van der Waals surface area contributed by atoms with Crippen molar-refractivity contribution in [2.45, 2.75) is 89.5 Å². The minimum absolute atomic E-state index is 0.125. The largest absolute Gasteiger partial charge is 0.444 e. The molecule has 2 aliphatic heterocycles. The normalized spacial score (nSPS) is 26.6. The second kappa shape index (κ2) is 13.1. The first-order chi connectivity index (χ1) is 17.2. The predicted octanol–water partition coefficient (Wildman–Crippen LogP) is -1.46. The van der Waals surface area contributed by atoms with Crippen molar-refractivity contribution >= 4 is 23.7 Å². The molecule has 1 fully saturated rings. The molecule has 2 aliphatic rings. The Labute approximate surface area is 213 Å². The summed E-state index contributed by atoms with van der Waals surface area (Å²) in [5.41, 5.74) is -0.831. The molecular formula is C22H36FN5O9. The third-order valence-electron chi connectivity index (χ3n) is 5.35. The summed E-state index contributed by atoms with van der Waals surface area (Å²) in [6, 6.07) is -1.15. The van der Waals surface area contributed by atoms with E-state index < -0.39 is 72.8 Å². The summed E-state index contributed by atoms with van der Waals surface area (Å²) in [5.74, 6) is -2.77. The highest BCUT2D eigenvalue weighted by molar-refractivity contribution is 6.08. The highest BCUT2D eigenvalue weighted by atomic mass is 19.1. The number of aliphatic imine (C=N–C) groups is 1. The monoisotopic (exact) mass is 533 g/mol. The lowest BCUT2D eigenvalue weighted by Crippen LogP contribution is -2.52. The number of ether oxygens (including phenoxy) is 2. The summed E-state index contributed by atoms with van der Waals surface area (Å²) in [7, 11) is 0. The number of amidine groups is 1. The average Bonchev–Trinajstić information content (AvgIpc) is 3.07. The number of hydrogen-bond acceptors (Lipinski definition) is 11. The number of unbranched alkanes of at least 4 members (excludes halogenated alkanes) is 1. The molecule has 2 rings (SSSR count). The Morgan fingerprint density at radius 2 is 1.89 bits per heavy atom. The molecule has 3 amide bonds. The van der Waals surface area contributed by atoms with Crippen LogP contribution in [0.3, 0.4) is 0 Å². The highest BCUT2D eigenvalue weighted by Crippen LogP contribution is 2.28. The number of alkyl carbamates (subject to hydrolysis) is 1. The van der Waals surface area contributed by atoms with Crippen LogP contribution in [0.1, 0.15) is 47.0 Å². The van der Waals surface area contributed by atoms with Crippen LogP contribution in [0.4, 0.5) is 9.18 Å². The van der Waals surface area contributed by atoms with Crippen LogP contribution in [0.25, 0.3) is 0 Å². The summed E-state index contributed by atoms with van der Waals surface area (Å²) in [6.07, 6.45) is -6.53. The molecule has 37 heavy (non-hydrogen) atoms. The molecule has 0 aromatic carbocycles. The van der Waals surface area contributed by atoms with Crippen molar-refractivity contribution in [1.82, 2.24) is 20.9 Å². The lowest BCUT2D eigenvalue weighted by atomic mass is 10.1. The first-order valence-corrected chi connectivity index (χ1v) is 11.8. The van der Waals surface area contributed by atoms with Crippen molar-refractivity contribution in [3.63, 3.8) is 0 Å². The molecular weight excluding hydrogens is 497 g/mol. The van der Waals surface area contributed by atoms with E-state index in [4.69, 9.17) is 9.47 Å². The van der Waals surface area contributed by atoms with Crippen LogP contribution < -0.4 is 16.0 Å². The van der Waals surface area contributed by atoms with Crippen molar-refractivity contribution in [1.29, 1.82) is 0 Å². The molecule has 0 spiro atoms. The maximum atomic E-state index is 14.8. The van der Waals surface area contributed by atoms with Crippen LogP contribution in [0.2, 0.25) is 0 Å². The average molecular weight is 534 g/mol. The topological polar surface area (TPSA) is 202 Å². The fourth-order valence-corrected chi connectivity index (χ4v) is 3.59. The summed E-state index contributed by atoms with van der Waals surface area (Å²) >= 11 is 0. The van der Waals surface area contributed by atoms with Gasteiger partial charge in [0.2, 0.25) is 18.2 Å². The second-order valence-corrected chi connectivity index (χ2v) is 9.64. The van der Waals surface area contributed by atoms with Gasteiger partial charge in [-0.25, -0.2) is 14.2 Å². The molecule has 1 saturated heterocycles. The number of aliphatic hydroxyl groups excluding tert-OH is 4. The number of nitrogens with zero attached hydrogens (tertiary/aromatic N) is 2. The maximum Gasteiger partial charge on any atom is 0.408 e. The number of carbonyl (C=O) groups is 3. The highest BCUT2D eigenvalue weighted by Gasteiger charge is 2.47. The molecule has 7 N–H and O–H groups in total. The van der Waals surface area contributed by atoms with E-state index in [9.17, 15) is 39.2 Å². The van der Waals surface area contributed by atoms with Gasteiger partial charge in [0, 0.05) is 19.7 Å². The molecule has 0 aromatic rings. The smallest absolute Gasteiger partial charge is 0.408 e. The van der Waals surface area contributed by atoms with Gasteiger partial charge in [-0.3, -0.25) is 9.59 Å². The molecule has 0 saturated carbocycles. The SMILES string of the molecule is CC(=O)NCCCCC(NC(=O)OC(C)(C)C)C(=O)NC1=NC(O)N(C2OC(CO)C(O)C2O)C=C1F. The van der Waals surface area contributed by atoms with Gasteiger partial charge in [-0.05, 0) is 40.0 Å². The van der Waals surface area contributed by atoms with Gasteiger partial charge >= 0.3 is 6.09 Å². The lowest BCUT2D eigenvalue weighted by Gasteiger charge is -2.34. The number of carbonyl (C=O) groups excluding carboxylic acids is 3. The van der Waals surface area contributed by atoms with Crippen molar-refractivity contribution < 1.29 is 48.7 Å². The third-order valence-corrected chi connectivity index (χ3v) is 5.35. The van der Waals surface area contributed by atoms with E-state index in [0.717, 1.165) is 11.1 Å². The lowest BCUT2D eigenvalue weighted by molar-refractivity contribution is -0.131. The van der Waals surface area contributed by atoms with Crippen molar-refractivity contribution in [3.8, 4) is 0 Å².